The molecule has 0 N–H and O–H groups in total. The van der Waals surface area contributed by atoms with E-state index in [9.17, 15) is 4.79 Å². The van der Waals surface area contributed by atoms with E-state index in [1.165, 1.54) is 0 Å². The van der Waals surface area contributed by atoms with Gasteiger partial charge in [-0.15, -0.1) is 0 Å². The third-order valence-corrected chi connectivity index (χ3v) is 2.95. The van der Waals surface area contributed by atoms with Gasteiger partial charge in [0.25, 0.3) is 0 Å². The van der Waals surface area contributed by atoms with E-state index in [4.69, 9.17) is 9.47 Å². The van der Waals surface area contributed by atoms with E-state index in [0.717, 1.165) is 17.6 Å². The Bertz CT molecular complexity index is 401. The molecule has 0 spiro atoms. The zero-order valence-electron chi connectivity index (χ0n) is 12.3. The van der Waals surface area contributed by atoms with E-state index < -0.39 is 5.60 Å². The summed E-state index contributed by atoms with van der Waals surface area (Å²) in [5.74, 6) is 1.08. The van der Waals surface area contributed by atoms with Crippen molar-refractivity contribution in [1.82, 2.24) is 0 Å². The molecular weight excluding hydrogens is 240 g/mol. The quantitative estimate of drug-likeness (QED) is 0.673. The van der Waals surface area contributed by atoms with Crippen LogP contribution in [0.2, 0.25) is 0 Å². The van der Waals surface area contributed by atoms with E-state index in [0.29, 0.717) is 25.6 Å². The van der Waals surface area contributed by atoms with Gasteiger partial charge in [0.2, 0.25) is 0 Å². The molecule has 3 heteroatoms. The lowest BCUT2D eigenvalue weighted by Gasteiger charge is -2.31. The van der Waals surface area contributed by atoms with Gasteiger partial charge < -0.3 is 9.47 Å². The summed E-state index contributed by atoms with van der Waals surface area (Å²) < 4.78 is 11.4. The van der Waals surface area contributed by atoms with Crippen LogP contribution in [0.3, 0.4) is 0 Å². The predicted octanol–water partition coefficient (Wildman–Crippen LogP) is 3.56. The molecule has 0 fully saturated rings. The molecule has 0 aliphatic carbocycles. The minimum Gasteiger partial charge on any atom is -0.493 e. The Morgan fingerprint density at radius 3 is 2.42 bits per heavy atom. The second-order valence-electron chi connectivity index (χ2n) is 4.97. The normalized spacial score (nSPS) is 14.2. The molecule has 0 aromatic heterocycles. The maximum atomic E-state index is 11.7. The lowest BCUT2D eigenvalue weighted by molar-refractivity contribution is -0.135. The second kappa shape index (κ2) is 7.29. The standard InChI is InChI=1S/C16H24O3/c1-5-18-15-10-8-7-9-14(15)16(12-17,19-6-2)11-13(3)4/h7-10,12-13H,5-6,11H2,1-4H3. The fourth-order valence-corrected chi connectivity index (χ4v) is 2.35. The molecule has 0 heterocycles. The first-order chi connectivity index (χ1) is 9.09. The molecule has 0 amide bonds. The monoisotopic (exact) mass is 264 g/mol. The highest BCUT2D eigenvalue weighted by Crippen LogP contribution is 2.36. The van der Waals surface area contributed by atoms with E-state index in [1.807, 2.05) is 38.1 Å². The smallest absolute Gasteiger partial charge is 0.156 e. The van der Waals surface area contributed by atoms with Gasteiger partial charge >= 0.3 is 0 Å². The Hall–Kier alpha value is -1.35. The summed E-state index contributed by atoms with van der Waals surface area (Å²) in [6.45, 7) is 9.07. The van der Waals surface area contributed by atoms with Crippen molar-refractivity contribution in [3.05, 3.63) is 29.8 Å². The first-order valence-electron chi connectivity index (χ1n) is 6.92. The molecule has 0 saturated carbocycles. The average Bonchev–Trinajstić information content (AvgIpc) is 2.38. The summed E-state index contributed by atoms with van der Waals surface area (Å²) in [6.07, 6.45) is 1.56. The average molecular weight is 264 g/mol. The topological polar surface area (TPSA) is 35.5 Å². The first kappa shape index (κ1) is 15.7. The molecule has 0 aliphatic rings. The Morgan fingerprint density at radius 1 is 1.21 bits per heavy atom. The minimum absolute atomic E-state index is 0.353. The van der Waals surface area contributed by atoms with Crippen molar-refractivity contribution in [2.45, 2.75) is 39.7 Å². The molecule has 19 heavy (non-hydrogen) atoms. The number of carbonyl (C=O) groups excluding carboxylic acids is 1. The van der Waals surface area contributed by atoms with E-state index in [-0.39, 0.29) is 0 Å². The largest absolute Gasteiger partial charge is 0.493 e. The molecule has 0 saturated heterocycles. The number of rotatable bonds is 8. The Labute approximate surface area is 115 Å². The van der Waals surface area contributed by atoms with Crippen LogP contribution in [-0.4, -0.2) is 19.5 Å². The van der Waals surface area contributed by atoms with E-state index >= 15 is 0 Å². The molecule has 0 bridgehead atoms. The third-order valence-electron chi connectivity index (χ3n) is 2.95. The zero-order chi connectivity index (χ0) is 14.3. The second-order valence-corrected chi connectivity index (χ2v) is 4.97. The predicted molar refractivity (Wildman–Crippen MR) is 76.4 cm³/mol. The van der Waals surface area contributed by atoms with Gasteiger partial charge in [0, 0.05) is 12.2 Å². The minimum atomic E-state index is -0.908. The molecule has 3 nitrogen and oxygen atoms in total. The molecular formula is C16H24O3. The van der Waals surface area contributed by atoms with Gasteiger partial charge in [-0.1, -0.05) is 32.0 Å². The molecule has 1 aromatic rings. The van der Waals surface area contributed by atoms with Crippen molar-refractivity contribution in [1.29, 1.82) is 0 Å². The maximum Gasteiger partial charge on any atom is 0.156 e. The number of ether oxygens (including phenoxy) is 2. The van der Waals surface area contributed by atoms with Crippen molar-refractivity contribution in [3.8, 4) is 5.75 Å². The molecule has 1 aromatic carbocycles. The van der Waals surface area contributed by atoms with E-state index in [1.54, 1.807) is 0 Å². The van der Waals surface area contributed by atoms with Crippen molar-refractivity contribution in [2.24, 2.45) is 5.92 Å². The molecule has 0 radical (unpaired) electrons. The SMILES string of the molecule is CCOc1ccccc1C(C=O)(CC(C)C)OCC. The van der Waals surface area contributed by atoms with Crippen LogP contribution >= 0.6 is 0 Å². The van der Waals surface area contributed by atoms with Crippen molar-refractivity contribution in [3.63, 3.8) is 0 Å². The summed E-state index contributed by atoms with van der Waals surface area (Å²) in [5, 5.41) is 0. The highest BCUT2D eigenvalue weighted by molar-refractivity contribution is 5.68. The number of aldehydes is 1. The van der Waals surface area contributed by atoms with Gasteiger partial charge in [-0.3, -0.25) is 4.79 Å². The van der Waals surface area contributed by atoms with Crippen LogP contribution in [0, 0.1) is 5.92 Å². The highest BCUT2D eigenvalue weighted by Gasteiger charge is 2.36. The number of hydrogen-bond acceptors (Lipinski definition) is 3. The van der Waals surface area contributed by atoms with Crippen LogP contribution in [0.25, 0.3) is 0 Å². The summed E-state index contributed by atoms with van der Waals surface area (Å²) in [5.41, 5.74) is -0.0864. The lowest BCUT2D eigenvalue weighted by atomic mass is 9.86. The fraction of sp³-hybridized carbons (Fsp3) is 0.562. The number of carbonyl (C=O) groups is 1. The van der Waals surface area contributed by atoms with Crippen molar-refractivity contribution in [2.75, 3.05) is 13.2 Å². The summed E-state index contributed by atoms with van der Waals surface area (Å²) in [4.78, 5) is 11.7. The lowest BCUT2D eigenvalue weighted by Crippen LogP contribution is -2.34. The zero-order valence-corrected chi connectivity index (χ0v) is 12.3. The molecule has 106 valence electrons. The Balaban J connectivity index is 3.26. The molecule has 1 rings (SSSR count). The highest BCUT2D eigenvalue weighted by atomic mass is 16.5. The van der Waals surface area contributed by atoms with Crippen LogP contribution in [-0.2, 0) is 15.1 Å². The number of benzene rings is 1. The van der Waals surface area contributed by atoms with Crippen molar-refractivity contribution < 1.29 is 14.3 Å². The van der Waals surface area contributed by atoms with Crippen LogP contribution in [0.5, 0.6) is 5.75 Å². The maximum absolute atomic E-state index is 11.7. The van der Waals surface area contributed by atoms with Crippen LogP contribution < -0.4 is 4.74 Å². The van der Waals surface area contributed by atoms with Crippen molar-refractivity contribution >= 4 is 6.29 Å². The van der Waals surface area contributed by atoms with Gasteiger partial charge in [0.05, 0.1) is 6.61 Å². The third kappa shape index (κ3) is 3.80. The summed E-state index contributed by atoms with van der Waals surface area (Å²) >= 11 is 0. The number of para-hydroxylation sites is 1. The fourth-order valence-electron chi connectivity index (χ4n) is 2.35. The van der Waals surface area contributed by atoms with Gasteiger partial charge in [-0.2, -0.15) is 0 Å². The van der Waals surface area contributed by atoms with Crippen LogP contribution in [0.4, 0.5) is 0 Å². The van der Waals surface area contributed by atoms with Gasteiger partial charge in [-0.05, 0) is 32.3 Å². The summed E-state index contributed by atoms with van der Waals surface area (Å²) in [7, 11) is 0. The van der Waals surface area contributed by atoms with E-state index in [2.05, 4.69) is 13.8 Å². The van der Waals surface area contributed by atoms with Gasteiger partial charge in [0.1, 0.15) is 5.75 Å². The molecule has 0 aliphatic heterocycles. The first-order valence-corrected chi connectivity index (χ1v) is 6.92. The van der Waals surface area contributed by atoms with Crippen LogP contribution in [0.1, 0.15) is 39.7 Å². The van der Waals surface area contributed by atoms with Crippen LogP contribution in [0.15, 0.2) is 24.3 Å². The molecule has 1 unspecified atom stereocenters. The Kier molecular flexibility index (Phi) is 6.03. The van der Waals surface area contributed by atoms with Gasteiger partial charge in [0.15, 0.2) is 11.9 Å². The van der Waals surface area contributed by atoms with Gasteiger partial charge in [-0.25, -0.2) is 0 Å². The Morgan fingerprint density at radius 2 is 1.89 bits per heavy atom. The summed E-state index contributed by atoms with van der Waals surface area (Å²) in [6, 6.07) is 7.62. The molecule has 1 atom stereocenters. The number of hydrogen-bond donors (Lipinski definition) is 0.